The van der Waals surface area contributed by atoms with Gasteiger partial charge in [-0.2, -0.15) is 0 Å². The number of aromatic carboxylic acids is 1. The number of nitrogens with zero attached hydrogens (tertiary/aromatic N) is 4. The zero-order valence-corrected chi connectivity index (χ0v) is 10.9. The molecule has 1 aromatic rings. The van der Waals surface area contributed by atoms with Crippen LogP contribution in [-0.4, -0.2) is 70.4 Å². The third kappa shape index (κ3) is 3.08. The van der Waals surface area contributed by atoms with Gasteiger partial charge >= 0.3 is 5.97 Å². The minimum atomic E-state index is -3.34. The molecule has 10 heteroatoms. The Labute approximate surface area is 108 Å². The Kier molecular flexibility index (Phi) is 3.27. The molecule has 0 spiro atoms. The summed E-state index contributed by atoms with van der Waals surface area (Å²) in [5.74, 6) is -2.15. The average molecular weight is 288 g/mol. The number of carboxylic acid groups (broad SMARTS) is 1. The van der Waals surface area contributed by atoms with Gasteiger partial charge in [0.1, 0.15) is 5.75 Å². The highest BCUT2D eigenvalue weighted by Gasteiger charge is 2.34. The lowest BCUT2D eigenvalue weighted by Gasteiger charge is -2.38. The molecule has 1 N–H and O–H groups in total. The second-order valence-corrected chi connectivity index (χ2v) is 6.55. The molecule has 1 aliphatic rings. The first-order valence-electron chi connectivity index (χ1n) is 5.37. The second kappa shape index (κ2) is 4.61. The summed E-state index contributed by atoms with van der Waals surface area (Å²) >= 11 is 0. The van der Waals surface area contributed by atoms with Gasteiger partial charge in [0.05, 0.1) is 12.2 Å². The Hall–Kier alpha value is -1.97. The average Bonchev–Trinajstić information content (AvgIpc) is 2.61. The zero-order valence-electron chi connectivity index (χ0n) is 10.1. The zero-order chi connectivity index (χ0) is 14.2. The van der Waals surface area contributed by atoms with Crippen molar-refractivity contribution in [2.75, 3.05) is 25.1 Å². The predicted molar refractivity (Wildman–Crippen MR) is 62.3 cm³/mol. The first-order chi connectivity index (χ1) is 8.76. The van der Waals surface area contributed by atoms with Gasteiger partial charge in [0, 0.05) is 19.3 Å². The molecule has 2 heterocycles. The highest BCUT2D eigenvalue weighted by atomic mass is 32.2. The number of hydrogen-bond acceptors (Lipinski definition) is 6. The lowest BCUT2D eigenvalue weighted by atomic mass is 10.1. The summed E-state index contributed by atoms with van der Waals surface area (Å²) in [7, 11) is -3.34. The molecule has 2 rings (SSSR count). The topological polar surface area (TPSA) is 122 Å². The molecule has 19 heavy (non-hydrogen) atoms. The number of rotatable bonds is 4. The van der Waals surface area contributed by atoms with Crippen LogP contribution in [0.25, 0.3) is 0 Å². The third-order valence-electron chi connectivity index (χ3n) is 2.70. The standard InChI is InChI=1S/C9H12N4O5S/c1-19(17,18)5-8(14)12-2-6(3-12)13-4-7(9(15)16)10-11-13/h4,6H,2-3,5H2,1H3,(H,15,16). The molecule has 1 aromatic heterocycles. The van der Waals surface area contributed by atoms with Crippen LogP contribution >= 0.6 is 0 Å². The lowest BCUT2D eigenvalue weighted by molar-refractivity contribution is -0.134. The maximum absolute atomic E-state index is 11.5. The van der Waals surface area contributed by atoms with Gasteiger partial charge in [-0.3, -0.25) is 4.79 Å². The van der Waals surface area contributed by atoms with E-state index in [0.717, 1.165) is 6.26 Å². The molecular weight excluding hydrogens is 276 g/mol. The van der Waals surface area contributed by atoms with Gasteiger partial charge < -0.3 is 10.0 Å². The normalized spacial score (nSPS) is 16.2. The van der Waals surface area contributed by atoms with Gasteiger partial charge in [0.15, 0.2) is 15.5 Å². The van der Waals surface area contributed by atoms with Crippen molar-refractivity contribution in [3.05, 3.63) is 11.9 Å². The van der Waals surface area contributed by atoms with E-state index >= 15 is 0 Å². The number of sulfone groups is 1. The second-order valence-electron chi connectivity index (χ2n) is 4.41. The molecule has 104 valence electrons. The van der Waals surface area contributed by atoms with Gasteiger partial charge in [-0.1, -0.05) is 5.21 Å². The van der Waals surface area contributed by atoms with E-state index in [9.17, 15) is 18.0 Å². The molecule has 1 fully saturated rings. The summed E-state index contributed by atoms with van der Waals surface area (Å²) in [6.07, 6.45) is 2.28. The van der Waals surface area contributed by atoms with E-state index in [1.165, 1.54) is 15.8 Å². The number of likely N-dealkylation sites (tertiary alicyclic amines) is 1. The van der Waals surface area contributed by atoms with E-state index < -0.39 is 27.5 Å². The van der Waals surface area contributed by atoms with Crippen LogP contribution in [0.1, 0.15) is 16.5 Å². The number of amides is 1. The molecule has 0 bridgehead atoms. The van der Waals surface area contributed by atoms with Crippen molar-refractivity contribution in [3.8, 4) is 0 Å². The Morgan fingerprint density at radius 3 is 2.58 bits per heavy atom. The van der Waals surface area contributed by atoms with Crippen molar-refractivity contribution in [1.29, 1.82) is 0 Å². The van der Waals surface area contributed by atoms with Crippen LogP contribution in [0.4, 0.5) is 0 Å². The van der Waals surface area contributed by atoms with Crippen LogP contribution in [-0.2, 0) is 14.6 Å². The molecule has 0 radical (unpaired) electrons. The Bertz CT molecular complexity index is 616. The molecule has 9 nitrogen and oxygen atoms in total. The highest BCUT2D eigenvalue weighted by Crippen LogP contribution is 2.20. The summed E-state index contributed by atoms with van der Waals surface area (Å²) in [4.78, 5) is 23.5. The lowest BCUT2D eigenvalue weighted by Crippen LogP contribution is -2.52. The van der Waals surface area contributed by atoms with Gasteiger partial charge in [-0.05, 0) is 0 Å². The third-order valence-corrected chi connectivity index (χ3v) is 3.48. The fourth-order valence-electron chi connectivity index (χ4n) is 1.70. The minimum absolute atomic E-state index is 0.163. The van der Waals surface area contributed by atoms with Gasteiger partial charge in [-0.15, -0.1) is 5.10 Å². The van der Waals surface area contributed by atoms with E-state index in [4.69, 9.17) is 5.11 Å². The first-order valence-corrected chi connectivity index (χ1v) is 7.43. The first kappa shape index (κ1) is 13.5. The van der Waals surface area contributed by atoms with Crippen LogP contribution in [0.5, 0.6) is 0 Å². The van der Waals surface area contributed by atoms with Gasteiger partial charge in [-0.25, -0.2) is 17.9 Å². The van der Waals surface area contributed by atoms with Crippen molar-refractivity contribution in [3.63, 3.8) is 0 Å². The fraction of sp³-hybridized carbons (Fsp3) is 0.556. The van der Waals surface area contributed by atoms with E-state index in [0.29, 0.717) is 13.1 Å². The van der Waals surface area contributed by atoms with E-state index in [1.807, 2.05) is 0 Å². The van der Waals surface area contributed by atoms with Crippen molar-refractivity contribution >= 4 is 21.7 Å². The van der Waals surface area contributed by atoms with Crippen molar-refractivity contribution in [2.24, 2.45) is 0 Å². The molecule has 1 aliphatic heterocycles. The van der Waals surface area contributed by atoms with E-state index in [2.05, 4.69) is 10.3 Å². The maximum atomic E-state index is 11.5. The number of aromatic nitrogens is 3. The number of carbonyl (C=O) groups excluding carboxylic acids is 1. The molecular formula is C9H12N4O5S. The van der Waals surface area contributed by atoms with E-state index in [-0.39, 0.29) is 11.7 Å². The number of carboxylic acids is 1. The highest BCUT2D eigenvalue weighted by molar-refractivity contribution is 7.91. The molecule has 1 amide bonds. The summed E-state index contributed by atoms with van der Waals surface area (Å²) < 4.78 is 23.3. The summed E-state index contributed by atoms with van der Waals surface area (Å²) in [6.45, 7) is 0.605. The molecule has 0 atom stereocenters. The number of hydrogen-bond donors (Lipinski definition) is 1. The van der Waals surface area contributed by atoms with Crippen LogP contribution in [0.3, 0.4) is 0 Å². The van der Waals surface area contributed by atoms with Gasteiger partial charge in [0.25, 0.3) is 0 Å². The molecule has 0 saturated carbocycles. The fourth-order valence-corrected chi connectivity index (χ4v) is 2.33. The summed E-state index contributed by atoms with van der Waals surface area (Å²) in [5, 5.41) is 15.8. The SMILES string of the molecule is CS(=O)(=O)CC(=O)N1CC(n2cc(C(=O)O)nn2)C1. The molecule has 1 saturated heterocycles. The Morgan fingerprint density at radius 1 is 1.47 bits per heavy atom. The van der Waals surface area contributed by atoms with Crippen LogP contribution in [0, 0.1) is 0 Å². The van der Waals surface area contributed by atoms with Crippen LogP contribution in [0.15, 0.2) is 6.20 Å². The van der Waals surface area contributed by atoms with Crippen molar-refractivity contribution in [1.82, 2.24) is 19.9 Å². The molecule has 0 aliphatic carbocycles. The van der Waals surface area contributed by atoms with Crippen LogP contribution < -0.4 is 0 Å². The smallest absolute Gasteiger partial charge is 0.358 e. The maximum Gasteiger partial charge on any atom is 0.358 e. The Balaban J connectivity index is 1.92. The predicted octanol–water partition coefficient (Wildman–Crippen LogP) is -1.60. The molecule has 0 aromatic carbocycles. The summed E-state index contributed by atoms with van der Waals surface area (Å²) in [6, 6.07) is -0.163. The van der Waals surface area contributed by atoms with E-state index in [1.54, 1.807) is 0 Å². The quantitative estimate of drug-likeness (QED) is 0.708. The molecule has 0 unspecified atom stereocenters. The monoisotopic (exact) mass is 288 g/mol. The summed E-state index contributed by atoms with van der Waals surface area (Å²) in [5.41, 5.74) is -0.166. The Morgan fingerprint density at radius 2 is 2.11 bits per heavy atom. The van der Waals surface area contributed by atoms with Crippen LogP contribution in [0.2, 0.25) is 0 Å². The number of carbonyl (C=O) groups is 2. The van der Waals surface area contributed by atoms with Crippen molar-refractivity contribution < 1.29 is 23.1 Å². The van der Waals surface area contributed by atoms with Gasteiger partial charge in [0.2, 0.25) is 5.91 Å². The minimum Gasteiger partial charge on any atom is -0.476 e. The largest absolute Gasteiger partial charge is 0.476 e. The van der Waals surface area contributed by atoms with Crippen molar-refractivity contribution in [2.45, 2.75) is 6.04 Å².